The molecule has 1 unspecified atom stereocenters. The molecule has 5 nitrogen and oxygen atoms in total. The summed E-state index contributed by atoms with van der Waals surface area (Å²) in [7, 11) is 3.28. The Morgan fingerprint density at radius 1 is 1.04 bits per heavy atom. The third-order valence-electron chi connectivity index (χ3n) is 4.09. The number of methoxy groups -OCH3 is 2. The minimum Gasteiger partial charge on any atom is -0.497 e. The molecule has 3 aromatic rings. The number of hydrogen-bond acceptors (Lipinski definition) is 4. The lowest BCUT2D eigenvalue weighted by Crippen LogP contribution is -2.15. The summed E-state index contributed by atoms with van der Waals surface area (Å²) in [5.74, 6) is 1.47. The Bertz CT molecular complexity index is 799. The number of rotatable bonds is 6. The topological polar surface area (TPSA) is 73.2 Å². The van der Waals surface area contributed by atoms with Crippen molar-refractivity contribution >= 4 is 0 Å². The van der Waals surface area contributed by atoms with Crippen LogP contribution in [-0.4, -0.2) is 31.0 Å². The van der Waals surface area contributed by atoms with Gasteiger partial charge in [-0.2, -0.15) is 5.10 Å². The van der Waals surface area contributed by atoms with Crippen LogP contribution in [-0.2, 0) is 0 Å². The van der Waals surface area contributed by atoms with Crippen LogP contribution >= 0.6 is 0 Å². The van der Waals surface area contributed by atoms with E-state index in [2.05, 4.69) is 10.2 Å². The predicted molar refractivity (Wildman–Crippen MR) is 94.5 cm³/mol. The second-order valence-corrected chi connectivity index (χ2v) is 5.47. The summed E-state index contributed by atoms with van der Waals surface area (Å²) < 4.78 is 10.8. The molecule has 3 N–H and O–H groups in total. The van der Waals surface area contributed by atoms with E-state index in [0.29, 0.717) is 6.54 Å². The van der Waals surface area contributed by atoms with Gasteiger partial charge in [0.05, 0.1) is 19.9 Å². The average molecular weight is 323 g/mol. The van der Waals surface area contributed by atoms with E-state index in [1.807, 2.05) is 54.6 Å². The van der Waals surface area contributed by atoms with Crippen LogP contribution in [0.4, 0.5) is 0 Å². The highest BCUT2D eigenvalue weighted by Gasteiger charge is 2.20. The van der Waals surface area contributed by atoms with E-state index in [1.54, 1.807) is 14.2 Å². The molecule has 0 aliphatic rings. The molecule has 5 heteroatoms. The molecule has 0 radical (unpaired) electrons. The second-order valence-electron chi connectivity index (χ2n) is 5.47. The Morgan fingerprint density at radius 3 is 2.50 bits per heavy atom. The van der Waals surface area contributed by atoms with Crippen molar-refractivity contribution in [3.8, 4) is 22.8 Å². The van der Waals surface area contributed by atoms with Gasteiger partial charge in [0.25, 0.3) is 0 Å². The van der Waals surface area contributed by atoms with Crippen LogP contribution in [0.15, 0.2) is 54.6 Å². The zero-order chi connectivity index (χ0) is 16.9. The Kier molecular flexibility index (Phi) is 4.82. The Labute approximate surface area is 141 Å². The SMILES string of the molecule is COc1ccc(C(CN)c2cc(-c3ccccc3)n[nH]2)c(OC)c1. The second kappa shape index (κ2) is 7.19. The molecule has 0 fully saturated rings. The minimum absolute atomic E-state index is 0.0316. The van der Waals surface area contributed by atoms with Crippen LogP contribution in [0.3, 0.4) is 0 Å². The van der Waals surface area contributed by atoms with Gasteiger partial charge in [-0.3, -0.25) is 5.10 Å². The predicted octanol–water partition coefficient (Wildman–Crippen LogP) is 3.18. The van der Waals surface area contributed by atoms with Crippen LogP contribution in [0, 0.1) is 0 Å². The molecule has 0 aliphatic heterocycles. The molecule has 0 spiro atoms. The van der Waals surface area contributed by atoms with Gasteiger partial charge in [0, 0.05) is 35.3 Å². The summed E-state index contributed by atoms with van der Waals surface area (Å²) >= 11 is 0. The summed E-state index contributed by atoms with van der Waals surface area (Å²) in [6.45, 7) is 0.444. The Balaban J connectivity index is 1.97. The molecule has 2 aromatic carbocycles. The number of nitrogens with one attached hydrogen (secondary N) is 1. The van der Waals surface area contributed by atoms with Crippen molar-refractivity contribution in [1.82, 2.24) is 10.2 Å². The largest absolute Gasteiger partial charge is 0.497 e. The number of benzene rings is 2. The normalized spacial score (nSPS) is 12.0. The van der Waals surface area contributed by atoms with E-state index >= 15 is 0 Å². The van der Waals surface area contributed by atoms with Gasteiger partial charge in [-0.05, 0) is 12.1 Å². The number of H-pyrrole nitrogens is 1. The maximum atomic E-state index is 6.04. The lowest BCUT2D eigenvalue weighted by atomic mass is 9.94. The van der Waals surface area contributed by atoms with E-state index in [-0.39, 0.29) is 5.92 Å². The van der Waals surface area contributed by atoms with Crippen molar-refractivity contribution in [2.45, 2.75) is 5.92 Å². The molecule has 24 heavy (non-hydrogen) atoms. The summed E-state index contributed by atoms with van der Waals surface area (Å²) in [6, 6.07) is 17.8. The summed E-state index contributed by atoms with van der Waals surface area (Å²) in [4.78, 5) is 0. The van der Waals surface area contributed by atoms with Gasteiger partial charge in [-0.15, -0.1) is 0 Å². The average Bonchev–Trinajstić information content (AvgIpc) is 3.13. The highest BCUT2D eigenvalue weighted by molar-refractivity contribution is 5.59. The third-order valence-corrected chi connectivity index (χ3v) is 4.09. The lowest BCUT2D eigenvalue weighted by Gasteiger charge is -2.17. The number of nitrogens with zero attached hydrogens (tertiary/aromatic N) is 1. The van der Waals surface area contributed by atoms with E-state index in [1.165, 1.54) is 0 Å². The molecule has 3 rings (SSSR count). The zero-order valence-electron chi connectivity index (χ0n) is 13.8. The minimum atomic E-state index is -0.0316. The van der Waals surface area contributed by atoms with Gasteiger partial charge in [0.2, 0.25) is 0 Å². The number of aromatic amines is 1. The Morgan fingerprint density at radius 2 is 1.83 bits per heavy atom. The molecule has 124 valence electrons. The molecular formula is C19H21N3O2. The molecular weight excluding hydrogens is 302 g/mol. The monoisotopic (exact) mass is 323 g/mol. The van der Waals surface area contributed by atoms with Crippen molar-refractivity contribution in [1.29, 1.82) is 0 Å². The summed E-state index contributed by atoms with van der Waals surface area (Å²) in [5, 5.41) is 7.54. The lowest BCUT2D eigenvalue weighted by molar-refractivity contribution is 0.389. The van der Waals surface area contributed by atoms with Crippen molar-refractivity contribution in [3.63, 3.8) is 0 Å². The molecule has 1 aromatic heterocycles. The van der Waals surface area contributed by atoms with Crippen molar-refractivity contribution in [2.24, 2.45) is 5.73 Å². The number of hydrogen-bond donors (Lipinski definition) is 2. The quantitative estimate of drug-likeness (QED) is 0.731. The highest BCUT2D eigenvalue weighted by atomic mass is 16.5. The van der Waals surface area contributed by atoms with Crippen LogP contribution in [0.25, 0.3) is 11.3 Å². The molecule has 0 saturated carbocycles. The standard InChI is InChI=1S/C19H21N3O2/c1-23-14-8-9-15(19(10-14)24-2)16(12-20)18-11-17(21-22-18)13-6-4-3-5-7-13/h3-11,16H,12,20H2,1-2H3,(H,21,22). The van der Waals surface area contributed by atoms with Crippen LogP contribution in [0.5, 0.6) is 11.5 Å². The van der Waals surface area contributed by atoms with E-state index in [0.717, 1.165) is 34.0 Å². The van der Waals surface area contributed by atoms with E-state index in [4.69, 9.17) is 15.2 Å². The van der Waals surface area contributed by atoms with Gasteiger partial charge in [0.1, 0.15) is 11.5 Å². The van der Waals surface area contributed by atoms with Gasteiger partial charge < -0.3 is 15.2 Å². The van der Waals surface area contributed by atoms with Crippen LogP contribution in [0.2, 0.25) is 0 Å². The van der Waals surface area contributed by atoms with Crippen LogP contribution in [0.1, 0.15) is 17.2 Å². The molecule has 0 saturated heterocycles. The first-order valence-electron chi connectivity index (χ1n) is 7.79. The van der Waals surface area contributed by atoms with Crippen molar-refractivity contribution in [3.05, 3.63) is 65.9 Å². The van der Waals surface area contributed by atoms with Crippen molar-refractivity contribution < 1.29 is 9.47 Å². The van der Waals surface area contributed by atoms with Gasteiger partial charge in [0.15, 0.2) is 0 Å². The first-order valence-corrected chi connectivity index (χ1v) is 7.79. The van der Waals surface area contributed by atoms with E-state index in [9.17, 15) is 0 Å². The first-order chi connectivity index (χ1) is 11.8. The summed E-state index contributed by atoms with van der Waals surface area (Å²) in [6.07, 6.45) is 0. The fraction of sp³-hybridized carbons (Fsp3) is 0.211. The van der Waals surface area contributed by atoms with Crippen LogP contribution < -0.4 is 15.2 Å². The molecule has 1 heterocycles. The molecule has 0 bridgehead atoms. The zero-order valence-corrected chi connectivity index (χ0v) is 13.8. The Hall–Kier alpha value is -2.79. The maximum Gasteiger partial charge on any atom is 0.126 e. The van der Waals surface area contributed by atoms with Crippen molar-refractivity contribution in [2.75, 3.05) is 20.8 Å². The van der Waals surface area contributed by atoms with Gasteiger partial charge >= 0.3 is 0 Å². The molecule has 1 atom stereocenters. The van der Waals surface area contributed by atoms with Gasteiger partial charge in [-0.1, -0.05) is 36.4 Å². The number of ether oxygens (including phenoxy) is 2. The van der Waals surface area contributed by atoms with E-state index < -0.39 is 0 Å². The fourth-order valence-electron chi connectivity index (χ4n) is 2.80. The number of aromatic nitrogens is 2. The molecule has 0 amide bonds. The maximum absolute atomic E-state index is 6.04. The fourth-order valence-corrected chi connectivity index (χ4v) is 2.80. The smallest absolute Gasteiger partial charge is 0.126 e. The first kappa shape index (κ1) is 16.1. The number of nitrogens with two attached hydrogens (primary N) is 1. The van der Waals surface area contributed by atoms with Gasteiger partial charge in [-0.25, -0.2) is 0 Å². The molecule has 0 aliphatic carbocycles. The third kappa shape index (κ3) is 3.12. The highest BCUT2D eigenvalue weighted by Crippen LogP contribution is 2.34. The summed E-state index contributed by atoms with van der Waals surface area (Å²) in [5.41, 5.74) is 9.97.